The lowest BCUT2D eigenvalue weighted by molar-refractivity contribution is -0.138. The Hall–Kier alpha value is -2.61. The number of rotatable bonds is 5. The second kappa shape index (κ2) is 7.96. The molecule has 2 aromatic rings. The fourth-order valence-corrected chi connectivity index (χ4v) is 2.88. The van der Waals surface area contributed by atoms with E-state index in [-0.39, 0.29) is 24.1 Å². The smallest absolute Gasteiger partial charge is 0.419 e. The standard InChI is InChI=1S/C19H19F3N2O3/c1-2-26-15-6-5-12(10-14(15)19(20,21)22)13-7-8-23-17(11-13)24-18(25)16-4-3-9-27-16/h5-8,10-11,16H,2-4,9H2,1H3,(H,23,24,25). The Balaban J connectivity index is 1.87. The molecule has 0 spiro atoms. The third-order valence-electron chi connectivity index (χ3n) is 4.15. The zero-order valence-electron chi connectivity index (χ0n) is 14.7. The van der Waals surface area contributed by atoms with Gasteiger partial charge < -0.3 is 14.8 Å². The maximum absolute atomic E-state index is 13.3. The third-order valence-corrected chi connectivity index (χ3v) is 4.15. The Bertz CT molecular complexity index is 818. The number of benzene rings is 1. The van der Waals surface area contributed by atoms with Crippen LogP contribution < -0.4 is 10.1 Å². The van der Waals surface area contributed by atoms with Crippen molar-refractivity contribution in [3.05, 3.63) is 42.1 Å². The molecule has 1 fully saturated rings. The van der Waals surface area contributed by atoms with Crippen molar-refractivity contribution in [1.82, 2.24) is 4.98 Å². The van der Waals surface area contributed by atoms with E-state index < -0.39 is 17.8 Å². The number of alkyl halides is 3. The number of anilines is 1. The van der Waals surface area contributed by atoms with E-state index in [4.69, 9.17) is 9.47 Å². The fourth-order valence-electron chi connectivity index (χ4n) is 2.88. The van der Waals surface area contributed by atoms with Crippen LogP contribution in [0.3, 0.4) is 0 Å². The number of hydrogen-bond donors (Lipinski definition) is 1. The number of pyridine rings is 1. The third kappa shape index (κ3) is 4.57. The first kappa shape index (κ1) is 19.2. The van der Waals surface area contributed by atoms with Gasteiger partial charge in [0, 0.05) is 12.8 Å². The summed E-state index contributed by atoms with van der Waals surface area (Å²) in [6, 6.07) is 6.99. The molecule has 0 aliphatic carbocycles. The van der Waals surface area contributed by atoms with Crippen LogP contribution in [0.5, 0.6) is 5.75 Å². The van der Waals surface area contributed by atoms with Gasteiger partial charge in [0.25, 0.3) is 5.91 Å². The molecule has 1 aliphatic rings. The summed E-state index contributed by atoms with van der Waals surface area (Å²) < 4.78 is 50.4. The first-order valence-electron chi connectivity index (χ1n) is 8.61. The number of carbonyl (C=O) groups is 1. The molecule has 0 radical (unpaired) electrons. The minimum Gasteiger partial charge on any atom is -0.493 e. The van der Waals surface area contributed by atoms with Gasteiger partial charge in [0.05, 0.1) is 12.2 Å². The molecule has 1 unspecified atom stereocenters. The molecule has 0 bridgehead atoms. The van der Waals surface area contributed by atoms with Gasteiger partial charge in [-0.2, -0.15) is 13.2 Å². The SMILES string of the molecule is CCOc1ccc(-c2ccnc(NC(=O)C3CCCO3)c2)cc1C(F)(F)F. The van der Waals surface area contributed by atoms with E-state index in [2.05, 4.69) is 10.3 Å². The molecule has 1 aromatic carbocycles. The number of carbonyl (C=O) groups excluding carboxylic acids is 1. The number of nitrogens with zero attached hydrogens (tertiary/aromatic N) is 1. The van der Waals surface area contributed by atoms with E-state index >= 15 is 0 Å². The number of halogens is 3. The molecule has 0 saturated carbocycles. The minimum absolute atomic E-state index is 0.136. The van der Waals surface area contributed by atoms with Crippen LogP contribution >= 0.6 is 0 Å². The number of amides is 1. The predicted octanol–water partition coefficient (Wildman–Crippen LogP) is 4.28. The lowest BCUT2D eigenvalue weighted by Gasteiger charge is -2.15. The van der Waals surface area contributed by atoms with E-state index in [9.17, 15) is 18.0 Å². The van der Waals surface area contributed by atoms with E-state index in [1.807, 2.05) is 0 Å². The molecule has 144 valence electrons. The summed E-state index contributed by atoms with van der Waals surface area (Å²) in [4.78, 5) is 16.2. The van der Waals surface area contributed by atoms with E-state index in [0.29, 0.717) is 24.2 Å². The average Bonchev–Trinajstić information content (AvgIpc) is 3.16. The van der Waals surface area contributed by atoms with Crippen LogP contribution in [-0.4, -0.2) is 30.2 Å². The molecular formula is C19H19F3N2O3. The van der Waals surface area contributed by atoms with Crippen molar-refractivity contribution in [3.63, 3.8) is 0 Å². The number of ether oxygens (including phenoxy) is 2. The highest BCUT2D eigenvalue weighted by molar-refractivity contribution is 5.94. The van der Waals surface area contributed by atoms with E-state index in [0.717, 1.165) is 12.5 Å². The molecule has 1 N–H and O–H groups in total. The maximum atomic E-state index is 13.3. The molecule has 8 heteroatoms. The van der Waals surface area contributed by atoms with Gasteiger partial charge in [0.15, 0.2) is 0 Å². The molecule has 1 saturated heterocycles. The van der Waals surface area contributed by atoms with E-state index in [1.165, 1.54) is 18.3 Å². The Morgan fingerprint density at radius 1 is 1.30 bits per heavy atom. The topological polar surface area (TPSA) is 60.5 Å². The van der Waals surface area contributed by atoms with Crippen molar-refractivity contribution < 1.29 is 27.4 Å². The molecule has 1 aromatic heterocycles. The van der Waals surface area contributed by atoms with Gasteiger partial charge in [-0.15, -0.1) is 0 Å². The summed E-state index contributed by atoms with van der Waals surface area (Å²) in [6.45, 7) is 2.30. The molecule has 3 rings (SSSR count). The molecule has 1 amide bonds. The summed E-state index contributed by atoms with van der Waals surface area (Å²) in [5.41, 5.74) is 0.00517. The quantitative estimate of drug-likeness (QED) is 0.841. The van der Waals surface area contributed by atoms with Gasteiger partial charge in [-0.3, -0.25) is 4.79 Å². The lowest BCUT2D eigenvalue weighted by Crippen LogP contribution is -2.27. The second-order valence-electron chi connectivity index (χ2n) is 6.06. The van der Waals surface area contributed by atoms with Gasteiger partial charge in [-0.05, 0) is 55.2 Å². The number of aromatic nitrogens is 1. The molecular weight excluding hydrogens is 361 g/mol. The van der Waals surface area contributed by atoms with E-state index in [1.54, 1.807) is 19.1 Å². The monoisotopic (exact) mass is 380 g/mol. The maximum Gasteiger partial charge on any atom is 0.419 e. The predicted molar refractivity (Wildman–Crippen MR) is 93.4 cm³/mol. The molecule has 2 heterocycles. The highest BCUT2D eigenvalue weighted by Crippen LogP contribution is 2.39. The zero-order chi connectivity index (χ0) is 19.4. The highest BCUT2D eigenvalue weighted by Gasteiger charge is 2.34. The fraction of sp³-hybridized carbons (Fsp3) is 0.368. The van der Waals surface area contributed by atoms with Crippen LogP contribution in [0, 0.1) is 0 Å². The summed E-state index contributed by atoms with van der Waals surface area (Å²) in [6.07, 6.45) is -2.16. The van der Waals surface area contributed by atoms with Gasteiger partial charge in [-0.25, -0.2) is 4.98 Å². The molecule has 27 heavy (non-hydrogen) atoms. The van der Waals surface area contributed by atoms with Gasteiger partial charge >= 0.3 is 6.18 Å². The van der Waals surface area contributed by atoms with Gasteiger partial charge in [0.2, 0.25) is 0 Å². The lowest BCUT2D eigenvalue weighted by atomic mass is 10.0. The number of nitrogens with one attached hydrogen (secondary N) is 1. The van der Waals surface area contributed by atoms with Crippen molar-refractivity contribution in [2.24, 2.45) is 0 Å². The highest BCUT2D eigenvalue weighted by atomic mass is 19.4. The van der Waals surface area contributed by atoms with Crippen LogP contribution in [-0.2, 0) is 15.7 Å². The Morgan fingerprint density at radius 2 is 2.07 bits per heavy atom. The zero-order valence-corrected chi connectivity index (χ0v) is 14.7. The minimum atomic E-state index is -4.54. The van der Waals surface area contributed by atoms with Crippen LogP contribution in [0.1, 0.15) is 25.3 Å². The molecule has 1 aliphatic heterocycles. The largest absolute Gasteiger partial charge is 0.493 e. The van der Waals surface area contributed by atoms with Crippen molar-refractivity contribution >= 4 is 11.7 Å². The van der Waals surface area contributed by atoms with Gasteiger partial charge in [-0.1, -0.05) is 6.07 Å². The average molecular weight is 380 g/mol. The van der Waals surface area contributed by atoms with Crippen LogP contribution in [0.4, 0.5) is 19.0 Å². The summed E-state index contributed by atoms with van der Waals surface area (Å²) in [7, 11) is 0. The van der Waals surface area contributed by atoms with Gasteiger partial charge in [0.1, 0.15) is 17.7 Å². The Kier molecular flexibility index (Phi) is 5.65. The van der Waals surface area contributed by atoms with Crippen LogP contribution in [0.15, 0.2) is 36.5 Å². The Morgan fingerprint density at radius 3 is 2.74 bits per heavy atom. The van der Waals surface area contributed by atoms with Crippen molar-refractivity contribution in [1.29, 1.82) is 0 Å². The second-order valence-corrected chi connectivity index (χ2v) is 6.06. The normalized spacial score (nSPS) is 17.0. The summed E-state index contributed by atoms with van der Waals surface area (Å²) in [5, 5.41) is 2.65. The van der Waals surface area contributed by atoms with Crippen LogP contribution in [0.25, 0.3) is 11.1 Å². The summed E-state index contributed by atoms with van der Waals surface area (Å²) >= 11 is 0. The number of hydrogen-bond acceptors (Lipinski definition) is 4. The Labute approximate surface area is 154 Å². The van der Waals surface area contributed by atoms with Crippen LogP contribution in [0.2, 0.25) is 0 Å². The van der Waals surface area contributed by atoms with Crippen molar-refractivity contribution in [3.8, 4) is 16.9 Å². The first-order valence-corrected chi connectivity index (χ1v) is 8.61. The first-order chi connectivity index (χ1) is 12.9. The molecule has 5 nitrogen and oxygen atoms in total. The van der Waals surface area contributed by atoms with Crippen molar-refractivity contribution in [2.45, 2.75) is 32.0 Å². The molecule has 1 atom stereocenters. The van der Waals surface area contributed by atoms with Crippen molar-refractivity contribution in [2.75, 3.05) is 18.5 Å². The summed E-state index contributed by atoms with van der Waals surface area (Å²) in [5.74, 6) is -0.259.